The van der Waals surface area contributed by atoms with Gasteiger partial charge in [-0.1, -0.05) is 12.1 Å². The monoisotopic (exact) mass is 398 g/mol. The zero-order valence-corrected chi connectivity index (χ0v) is 15.9. The maximum atomic E-state index is 13.0. The number of benzene rings is 1. The molecule has 0 bridgehead atoms. The number of halogens is 1. The average molecular weight is 398 g/mol. The molecule has 1 aromatic carbocycles. The standard InChI is InChI=1S/C20H19FN4O2S/c21-16-3-1-14(2-4-16)12-23-19(26)17-13-28-20(24-17)15-5-6-22-18(11-15)25-7-9-27-10-8-25/h1-6,11,13H,7-10,12H2,(H,23,26). The van der Waals surface area contributed by atoms with E-state index in [0.717, 1.165) is 35.0 Å². The Kier molecular flexibility index (Phi) is 5.59. The maximum absolute atomic E-state index is 13.0. The highest BCUT2D eigenvalue weighted by atomic mass is 32.1. The van der Waals surface area contributed by atoms with Crippen molar-refractivity contribution in [2.45, 2.75) is 6.54 Å². The third kappa shape index (κ3) is 4.35. The molecule has 28 heavy (non-hydrogen) atoms. The Hall–Kier alpha value is -2.84. The molecule has 0 radical (unpaired) electrons. The molecule has 2 aromatic heterocycles. The smallest absolute Gasteiger partial charge is 0.271 e. The second-order valence-corrected chi connectivity index (χ2v) is 7.21. The number of hydrogen-bond donors (Lipinski definition) is 1. The first-order valence-electron chi connectivity index (χ1n) is 8.96. The molecule has 0 saturated carbocycles. The highest BCUT2D eigenvalue weighted by molar-refractivity contribution is 7.13. The number of morpholine rings is 1. The fourth-order valence-corrected chi connectivity index (χ4v) is 3.70. The summed E-state index contributed by atoms with van der Waals surface area (Å²) >= 11 is 1.42. The quantitative estimate of drug-likeness (QED) is 0.715. The van der Waals surface area contributed by atoms with Crippen molar-refractivity contribution in [3.8, 4) is 10.6 Å². The molecular formula is C20H19FN4O2S. The topological polar surface area (TPSA) is 67.4 Å². The minimum Gasteiger partial charge on any atom is -0.378 e. The minimum absolute atomic E-state index is 0.255. The van der Waals surface area contributed by atoms with Crippen LogP contribution in [0.4, 0.5) is 10.2 Å². The molecule has 1 amide bonds. The Bertz CT molecular complexity index is 955. The van der Waals surface area contributed by atoms with Crippen molar-refractivity contribution in [1.29, 1.82) is 0 Å². The first-order chi connectivity index (χ1) is 13.7. The fraction of sp³-hybridized carbons (Fsp3) is 0.250. The van der Waals surface area contributed by atoms with E-state index in [1.54, 1.807) is 23.7 Å². The van der Waals surface area contributed by atoms with Gasteiger partial charge in [-0.05, 0) is 29.8 Å². The number of carbonyl (C=O) groups excluding carboxylic acids is 1. The Morgan fingerprint density at radius 1 is 1.21 bits per heavy atom. The van der Waals surface area contributed by atoms with Crippen molar-refractivity contribution in [2.75, 3.05) is 31.2 Å². The molecule has 1 saturated heterocycles. The first-order valence-corrected chi connectivity index (χ1v) is 9.84. The van der Waals surface area contributed by atoms with Gasteiger partial charge in [0, 0.05) is 36.8 Å². The number of amides is 1. The fourth-order valence-electron chi connectivity index (χ4n) is 2.90. The third-order valence-electron chi connectivity index (χ3n) is 4.43. The molecule has 0 spiro atoms. The van der Waals surface area contributed by atoms with Crippen LogP contribution in [0.5, 0.6) is 0 Å². The van der Waals surface area contributed by atoms with Gasteiger partial charge >= 0.3 is 0 Å². The molecule has 3 heterocycles. The number of thiazole rings is 1. The van der Waals surface area contributed by atoms with Gasteiger partial charge in [0.1, 0.15) is 22.3 Å². The summed E-state index contributed by atoms with van der Waals surface area (Å²) in [6, 6.07) is 9.92. The molecule has 0 unspecified atom stereocenters. The van der Waals surface area contributed by atoms with Crippen LogP contribution >= 0.6 is 11.3 Å². The van der Waals surface area contributed by atoms with Crippen LogP contribution in [0.2, 0.25) is 0 Å². The molecule has 1 aliphatic rings. The van der Waals surface area contributed by atoms with Crippen LogP contribution in [0, 0.1) is 5.82 Å². The van der Waals surface area contributed by atoms with Crippen LogP contribution in [-0.4, -0.2) is 42.2 Å². The largest absolute Gasteiger partial charge is 0.378 e. The van der Waals surface area contributed by atoms with Gasteiger partial charge < -0.3 is 15.0 Å². The summed E-state index contributed by atoms with van der Waals surface area (Å²) in [5, 5.41) is 5.32. The van der Waals surface area contributed by atoms with Crippen LogP contribution in [0.15, 0.2) is 48.0 Å². The first kappa shape index (κ1) is 18.5. The van der Waals surface area contributed by atoms with Gasteiger partial charge in [-0.3, -0.25) is 4.79 Å². The van der Waals surface area contributed by atoms with Gasteiger partial charge in [-0.25, -0.2) is 14.4 Å². The summed E-state index contributed by atoms with van der Waals surface area (Å²) in [5.74, 6) is 0.334. The van der Waals surface area contributed by atoms with Gasteiger partial charge in [0.05, 0.1) is 13.2 Å². The molecule has 1 fully saturated rings. The zero-order valence-electron chi connectivity index (χ0n) is 15.1. The number of ether oxygens (including phenoxy) is 1. The van der Waals surface area contributed by atoms with Crippen LogP contribution in [0.3, 0.4) is 0 Å². The second kappa shape index (κ2) is 8.45. The average Bonchev–Trinajstić information content (AvgIpc) is 3.24. The number of hydrogen-bond acceptors (Lipinski definition) is 6. The number of pyridine rings is 1. The lowest BCUT2D eigenvalue weighted by Crippen LogP contribution is -2.36. The molecule has 1 aliphatic heterocycles. The van der Waals surface area contributed by atoms with Gasteiger partial charge in [0.15, 0.2) is 0 Å². The number of carbonyl (C=O) groups is 1. The molecule has 3 aromatic rings. The summed E-state index contributed by atoms with van der Waals surface area (Å²) in [5.41, 5.74) is 2.13. The van der Waals surface area contributed by atoms with E-state index < -0.39 is 0 Å². The Morgan fingerprint density at radius 2 is 2.00 bits per heavy atom. The van der Waals surface area contributed by atoms with E-state index in [9.17, 15) is 9.18 Å². The van der Waals surface area contributed by atoms with Crippen molar-refractivity contribution in [1.82, 2.24) is 15.3 Å². The number of nitrogens with one attached hydrogen (secondary N) is 1. The number of anilines is 1. The molecule has 0 aliphatic carbocycles. The minimum atomic E-state index is -0.298. The van der Waals surface area contributed by atoms with Crippen molar-refractivity contribution in [2.24, 2.45) is 0 Å². The van der Waals surface area contributed by atoms with E-state index in [4.69, 9.17) is 4.74 Å². The van der Waals surface area contributed by atoms with Gasteiger partial charge in [-0.2, -0.15) is 0 Å². The van der Waals surface area contributed by atoms with E-state index in [1.165, 1.54) is 23.5 Å². The predicted molar refractivity (Wildman–Crippen MR) is 106 cm³/mol. The molecule has 1 N–H and O–H groups in total. The highest BCUT2D eigenvalue weighted by Crippen LogP contribution is 2.26. The van der Waals surface area contributed by atoms with E-state index in [2.05, 4.69) is 20.2 Å². The van der Waals surface area contributed by atoms with Crippen molar-refractivity contribution in [3.05, 3.63) is 65.0 Å². The van der Waals surface area contributed by atoms with Crippen LogP contribution < -0.4 is 10.2 Å². The number of aromatic nitrogens is 2. The van der Waals surface area contributed by atoms with E-state index in [-0.39, 0.29) is 11.7 Å². The zero-order chi connectivity index (χ0) is 19.3. The van der Waals surface area contributed by atoms with Crippen molar-refractivity contribution < 1.29 is 13.9 Å². The Balaban J connectivity index is 1.43. The lowest BCUT2D eigenvalue weighted by molar-refractivity contribution is 0.0946. The Morgan fingerprint density at radius 3 is 2.79 bits per heavy atom. The molecule has 6 nitrogen and oxygen atoms in total. The van der Waals surface area contributed by atoms with Crippen LogP contribution in [0.25, 0.3) is 10.6 Å². The lowest BCUT2D eigenvalue weighted by Gasteiger charge is -2.27. The lowest BCUT2D eigenvalue weighted by atomic mass is 10.2. The molecular weight excluding hydrogens is 379 g/mol. The summed E-state index contributed by atoms with van der Waals surface area (Å²) in [4.78, 5) is 23.5. The summed E-state index contributed by atoms with van der Waals surface area (Å²) < 4.78 is 18.3. The van der Waals surface area contributed by atoms with E-state index in [0.29, 0.717) is 25.5 Å². The van der Waals surface area contributed by atoms with Gasteiger partial charge in [0.2, 0.25) is 0 Å². The van der Waals surface area contributed by atoms with Crippen LogP contribution in [0.1, 0.15) is 16.1 Å². The summed E-state index contributed by atoms with van der Waals surface area (Å²) in [6.07, 6.45) is 1.76. The van der Waals surface area contributed by atoms with Gasteiger partial charge in [-0.15, -0.1) is 11.3 Å². The number of rotatable bonds is 5. The molecule has 8 heteroatoms. The number of nitrogens with zero attached hydrogens (tertiary/aromatic N) is 3. The summed E-state index contributed by atoms with van der Waals surface area (Å²) in [7, 11) is 0. The Labute approximate surface area is 166 Å². The predicted octanol–water partition coefficient (Wildman–Crippen LogP) is 3.11. The van der Waals surface area contributed by atoms with E-state index >= 15 is 0 Å². The SMILES string of the molecule is O=C(NCc1ccc(F)cc1)c1csc(-c2ccnc(N3CCOCC3)c2)n1. The van der Waals surface area contributed by atoms with Crippen molar-refractivity contribution in [3.63, 3.8) is 0 Å². The maximum Gasteiger partial charge on any atom is 0.271 e. The third-order valence-corrected chi connectivity index (χ3v) is 5.32. The molecule has 0 atom stereocenters. The van der Waals surface area contributed by atoms with Crippen molar-refractivity contribution >= 4 is 23.1 Å². The molecule has 144 valence electrons. The van der Waals surface area contributed by atoms with Crippen LogP contribution in [-0.2, 0) is 11.3 Å². The van der Waals surface area contributed by atoms with Gasteiger partial charge in [0.25, 0.3) is 5.91 Å². The summed E-state index contributed by atoms with van der Waals surface area (Å²) in [6.45, 7) is 3.34. The van der Waals surface area contributed by atoms with E-state index in [1.807, 2.05) is 12.1 Å². The second-order valence-electron chi connectivity index (χ2n) is 6.35. The molecule has 4 rings (SSSR count). The highest BCUT2D eigenvalue weighted by Gasteiger charge is 2.15. The normalized spacial score (nSPS) is 14.1.